The number of rotatable bonds is 5. The summed E-state index contributed by atoms with van der Waals surface area (Å²) < 4.78 is 25.5. The van der Waals surface area contributed by atoms with Gasteiger partial charge in [0.1, 0.15) is 0 Å². The lowest BCUT2D eigenvalue weighted by Crippen LogP contribution is -2.24. The topological polar surface area (TPSA) is 69.7 Å². The van der Waals surface area contributed by atoms with E-state index < -0.39 is 10.0 Å². The van der Waals surface area contributed by atoms with Crippen LogP contribution in [0.2, 0.25) is 5.02 Å². The molecule has 2 aromatic rings. The number of sulfonamides is 1. The Morgan fingerprint density at radius 3 is 2.40 bits per heavy atom. The van der Waals surface area contributed by atoms with E-state index in [1.165, 1.54) is 10.4 Å². The lowest BCUT2D eigenvalue weighted by Gasteiger charge is -2.21. The van der Waals surface area contributed by atoms with E-state index >= 15 is 0 Å². The average molecular weight is 446 g/mol. The Kier molecular flexibility index (Phi) is 6.01. The van der Waals surface area contributed by atoms with Gasteiger partial charge in [-0.1, -0.05) is 23.7 Å². The third kappa shape index (κ3) is 4.63. The van der Waals surface area contributed by atoms with Crippen molar-refractivity contribution in [3.8, 4) is 0 Å². The smallest absolute Gasteiger partial charge is 0.248 e. The zero-order chi connectivity index (χ0) is 21.1. The molecule has 0 spiro atoms. The molecule has 1 amide bonds. The molecule has 8 heteroatoms. The van der Waals surface area contributed by atoms with Crippen LogP contribution in [0.25, 0.3) is 6.08 Å². The summed E-state index contributed by atoms with van der Waals surface area (Å²) in [6.07, 6.45) is 6.11. The predicted octanol–water partition coefficient (Wildman–Crippen LogP) is 4.13. The quantitative estimate of drug-likeness (QED) is 0.702. The second-order valence-corrected chi connectivity index (χ2v) is 9.96. The lowest BCUT2D eigenvalue weighted by molar-refractivity contribution is -0.111. The van der Waals surface area contributed by atoms with Crippen molar-refractivity contribution in [2.24, 2.45) is 0 Å². The highest BCUT2D eigenvalue weighted by Gasteiger charge is 2.28. The maximum Gasteiger partial charge on any atom is 0.248 e. The van der Waals surface area contributed by atoms with E-state index in [4.69, 9.17) is 11.6 Å². The van der Waals surface area contributed by atoms with Crippen LogP contribution in [0.5, 0.6) is 0 Å². The van der Waals surface area contributed by atoms with Gasteiger partial charge in [0.05, 0.1) is 22.8 Å². The van der Waals surface area contributed by atoms with Crippen LogP contribution < -0.4 is 14.5 Å². The van der Waals surface area contributed by atoms with E-state index in [-0.39, 0.29) is 11.7 Å². The van der Waals surface area contributed by atoms with Gasteiger partial charge in [-0.05, 0) is 61.2 Å². The average Bonchev–Trinajstić information content (AvgIpc) is 3.36. The van der Waals surface area contributed by atoms with Gasteiger partial charge in [0.2, 0.25) is 15.9 Å². The van der Waals surface area contributed by atoms with Crippen molar-refractivity contribution in [3.63, 3.8) is 0 Å². The number of nitrogens with zero attached hydrogens (tertiary/aromatic N) is 2. The summed E-state index contributed by atoms with van der Waals surface area (Å²) in [6.45, 7) is 2.46. The second kappa shape index (κ2) is 8.70. The minimum atomic E-state index is -3.19. The maximum atomic E-state index is 12.5. The molecule has 2 aliphatic heterocycles. The molecule has 2 heterocycles. The zero-order valence-electron chi connectivity index (χ0n) is 16.6. The van der Waals surface area contributed by atoms with Crippen LogP contribution in [0.3, 0.4) is 0 Å². The third-order valence-electron chi connectivity index (χ3n) is 5.37. The fourth-order valence-electron chi connectivity index (χ4n) is 3.87. The van der Waals surface area contributed by atoms with Crippen molar-refractivity contribution in [1.29, 1.82) is 0 Å². The number of benzene rings is 2. The van der Waals surface area contributed by atoms with Crippen molar-refractivity contribution in [3.05, 3.63) is 59.1 Å². The Morgan fingerprint density at radius 2 is 1.73 bits per heavy atom. The SMILES string of the molecule is O=C(C=Cc1ccc(N2CCCS2(=O)=O)cc1)Nc1cc(Cl)ccc1N1CCCC1. The Balaban J connectivity index is 1.44. The minimum absolute atomic E-state index is 0.192. The number of nitrogens with one attached hydrogen (secondary N) is 1. The number of anilines is 3. The molecule has 0 saturated carbocycles. The molecular formula is C22H24ClN3O3S. The van der Waals surface area contributed by atoms with Gasteiger partial charge in [-0.3, -0.25) is 9.10 Å². The molecule has 0 radical (unpaired) electrons. The molecular weight excluding hydrogens is 422 g/mol. The first-order chi connectivity index (χ1) is 14.4. The summed E-state index contributed by atoms with van der Waals surface area (Å²) in [4.78, 5) is 14.7. The highest BCUT2D eigenvalue weighted by atomic mass is 35.5. The number of carbonyl (C=O) groups is 1. The fraction of sp³-hybridized carbons (Fsp3) is 0.318. The molecule has 0 aliphatic carbocycles. The summed E-state index contributed by atoms with van der Waals surface area (Å²) in [5.41, 5.74) is 3.16. The van der Waals surface area contributed by atoms with Gasteiger partial charge in [0.15, 0.2) is 0 Å². The molecule has 2 fully saturated rings. The fourth-order valence-corrected chi connectivity index (χ4v) is 5.61. The van der Waals surface area contributed by atoms with Gasteiger partial charge in [0.25, 0.3) is 0 Å². The summed E-state index contributed by atoms with van der Waals surface area (Å²) in [5.74, 6) is -0.0542. The largest absolute Gasteiger partial charge is 0.370 e. The first-order valence-corrected chi connectivity index (χ1v) is 12.1. The van der Waals surface area contributed by atoms with Crippen molar-refractivity contribution >= 4 is 50.7 Å². The molecule has 0 unspecified atom stereocenters. The van der Waals surface area contributed by atoms with Crippen LogP contribution in [0.4, 0.5) is 17.1 Å². The van der Waals surface area contributed by atoms with Gasteiger partial charge in [-0.15, -0.1) is 0 Å². The van der Waals surface area contributed by atoms with E-state index in [1.807, 2.05) is 24.3 Å². The first kappa shape index (κ1) is 20.8. The second-order valence-electron chi connectivity index (χ2n) is 7.51. The Morgan fingerprint density at radius 1 is 1.00 bits per heavy atom. The monoisotopic (exact) mass is 445 g/mol. The van der Waals surface area contributed by atoms with Crippen LogP contribution in [0, 0.1) is 0 Å². The summed E-state index contributed by atoms with van der Waals surface area (Å²) in [6, 6.07) is 12.7. The Hall–Kier alpha value is -2.51. The van der Waals surface area contributed by atoms with Gasteiger partial charge >= 0.3 is 0 Å². The van der Waals surface area contributed by atoms with Crippen molar-refractivity contribution in [1.82, 2.24) is 0 Å². The summed E-state index contributed by atoms with van der Waals surface area (Å²) in [7, 11) is -3.19. The van der Waals surface area contributed by atoms with Crippen molar-refractivity contribution < 1.29 is 13.2 Å². The van der Waals surface area contributed by atoms with Crippen LogP contribution in [-0.2, 0) is 14.8 Å². The normalized spacial score (nSPS) is 18.3. The standard InChI is InChI=1S/C22H24ClN3O3S/c23-18-7-10-21(25-12-1-2-13-25)20(16-18)24-22(27)11-6-17-4-8-19(9-5-17)26-14-3-15-30(26,28)29/h4-11,16H,1-3,12-15H2,(H,24,27). The number of hydrogen-bond acceptors (Lipinski definition) is 4. The number of hydrogen-bond donors (Lipinski definition) is 1. The number of amides is 1. The molecule has 6 nitrogen and oxygen atoms in total. The molecule has 0 aromatic heterocycles. The van der Waals surface area contributed by atoms with E-state index in [2.05, 4.69) is 10.2 Å². The molecule has 4 rings (SSSR count). The summed E-state index contributed by atoms with van der Waals surface area (Å²) >= 11 is 6.13. The van der Waals surface area contributed by atoms with Crippen LogP contribution in [0.1, 0.15) is 24.8 Å². The van der Waals surface area contributed by atoms with E-state index in [9.17, 15) is 13.2 Å². The maximum absolute atomic E-state index is 12.5. The van der Waals surface area contributed by atoms with E-state index in [0.717, 1.165) is 37.2 Å². The van der Waals surface area contributed by atoms with Gasteiger partial charge < -0.3 is 10.2 Å². The molecule has 0 atom stereocenters. The highest BCUT2D eigenvalue weighted by molar-refractivity contribution is 7.93. The van der Waals surface area contributed by atoms with Gasteiger partial charge in [-0.25, -0.2) is 8.42 Å². The molecule has 0 bridgehead atoms. The summed E-state index contributed by atoms with van der Waals surface area (Å²) in [5, 5.41) is 3.50. The van der Waals surface area contributed by atoms with Crippen LogP contribution >= 0.6 is 11.6 Å². The van der Waals surface area contributed by atoms with Crippen molar-refractivity contribution in [2.45, 2.75) is 19.3 Å². The minimum Gasteiger partial charge on any atom is -0.370 e. The molecule has 158 valence electrons. The molecule has 2 aromatic carbocycles. The molecule has 2 aliphatic rings. The van der Waals surface area contributed by atoms with E-state index in [0.29, 0.717) is 29.4 Å². The Labute approximate surface area is 182 Å². The van der Waals surface area contributed by atoms with Gasteiger partial charge in [-0.2, -0.15) is 0 Å². The van der Waals surface area contributed by atoms with Crippen LogP contribution in [-0.4, -0.2) is 39.7 Å². The predicted molar refractivity (Wildman–Crippen MR) is 123 cm³/mol. The van der Waals surface area contributed by atoms with Crippen molar-refractivity contribution in [2.75, 3.05) is 39.9 Å². The van der Waals surface area contributed by atoms with E-state index in [1.54, 1.807) is 24.3 Å². The third-order valence-corrected chi connectivity index (χ3v) is 7.48. The molecule has 1 N–H and O–H groups in total. The highest BCUT2D eigenvalue weighted by Crippen LogP contribution is 2.31. The lowest BCUT2D eigenvalue weighted by atomic mass is 10.2. The van der Waals surface area contributed by atoms with Crippen LogP contribution in [0.15, 0.2) is 48.5 Å². The molecule has 2 saturated heterocycles. The Bertz CT molecular complexity index is 1060. The zero-order valence-corrected chi connectivity index (χ0v) is 18.1. The first-order valence-electron chi connectivity index (χ1n) is 10.1. The number of carbonyl (C=O) groups excluding carboxylic acids is 1. The molecule has 30 heavy (non-hydrogen) atoms. The number of halogens is 1. The van der Waals surface area contributed by atoms with Gasteiger partial charge in [0, 0.05) is 30.7 Å².